The molecule has 2 aromatic rings. The molecule has 1 aliphatic heterocycles. The highest BCUT2D eigenvalue weighted by atomic mass is 32.1. The third kappa shape index (κ3) is 4.59. The number of thiocarbonyl (C=S) groups is 1. The van der Waals surface area contributed by atoms with Crippen LogP contribution in [0.4, 0.5) is 11.8 Å². The van der Waals surface area contributed by atoms with Crippen LogP contribution in [0.5, 0.6) is 5.88 Å². The van der Waals surface area contributed by atoms with Gasteiger partial charge in [0.25, 0.3) is 0 Å². The van der Waals surface area contributed by atoms with Crippen molar-refractivity contribution in [3.8, 4) is 5.88 Å². The number of methoxy groups -OCH3 is 2. The van der Waals surface area contributed by atoms with Gasteiger partial charge in [0.15, 0.2) is 5.11 Å². The molecule has 8 heteroatoms. The summed E-state index contributed by atoms with van der Waals surface area (Å²) in [6, 6.07) is 10.2. The summed E-state index contributed by atoms with van der Waals surface area (Å²) in [4.78, 5) is 11.1. The van der Waals surface area contributed by atoms with Crippen molar-refractivity contribution >= 4 is 29.1 Å². The summed E-state index contributed by atoms with van der Waals surface area (Å²) < 4.78 is 10.4. The number of rotatable bonds is 7. The van der Waals surface area contributed by atoms with Gasteiger partial charge in [0.05, 0.1) is 7.11 Å². The molecule has 0 spiro atoms. The fourth-order valence-corrected chi connectivity index (χ4v) is 2.99. The van der Waals surface area contributed by atoms with E-state index in [1.807, 2.05) is 6.07 Å². The molecular weight excluding hydrogens is 350 g/mol. The molecular formula is C18H23N5O2S. The van der Waals surface area contributed by atoms with E-state index in [0.717, 1.165) is 31.9 Å². The van der Waals surface area contributed by atoms with Crippen LogP contribution in [0.3, 0.4) is 0 Å². The van der Waals surface area contributed by atoms with Gasteiger partial charge in [-0.1, -0.05) is 24.3 Å². The Balaban J connectivity index is 1.68. The van der Waals surface area contributed by atoms with Crippen LogP contribution >= 0.6 is 12.2 Å². The highest BCUT2D eigenvalue weighted by Gasteiger charge is 2.21. The van der Waals surface area contributed by atoms with Gasteiger partial charge < -0.3 is 25.0 Å². The zero-order chi connectivity index (χ0) is 18.4. The molecule has 138 valence electrons. The lowest BCUT2D eigenvalue weighted by Crippen LogP contribution is -2.30. The molecule has 1 aromatic heterocycles. The van der Waals surface area contributed by atoms with E-state index in [4.69, 9.17) is 21.7 Å². The van der Waals surface area contributed by atoms with Gasteiger partial charge in [-0.2, -0.15) is 9.97 Å². The van der Waals surface area contributed by atoms with Crippen LogP contribution in [0.15, 0.2) is 30.3 Å². The molecule has 0 aliphatic carbocycles. The first kappa shape index (κ1) is 18.3. The molecule has 26 heavy (non-hydrogen) atoms. The Labute approximate surface area is 158 Å². The SMILES string of the molecule is COCCCNC(=S)Nc1nc(OC)cc(N2Cc3ccccc3C2)n1. The minimum absolute atomic E-state index is 0.416. The van der Waals surface area contributed by atoms with Crippen molar-refractivity contribution in [2.24, 2.45) is 0 Å². The average Bonchev–Trinajstić information content (AvgIpc) is 3.09. The van der Waals surface area contributed by atoms with Gasteiger partial charge in [-0.25, -0.2) is 0 Å². The summed E-state index contributed by atoms with van der Waals surface area (Å²) in [5, 5.41) is 6.62. The van der Waals surface area contributed by atoms with Gasteiger partial charge in [0.2, 0.25) is 11.8 Å². The van der Waals surface area contributed by atoms with E-state index in [1.165, 1.54) is 11.1 Å². The first-order valence-corrected chi connectivity index (χ1v) is 8.89. The van der Waals surface area contributed by atoms with Crippen LogP contribution in [0.25, 0.3) is 0 Å². The van der Waals surface area contributed by atoms with Crippen molar-refractivity contribution in [3.63, 3.8) is 0 Å². The van der Waals surface area contributed by atoms with E-state index in [0.29, 0.717) is 23.5 Å². The third-order valence-corrected chi connectivity index (χ3v) is 4.35. The normalized spacial score (nSPS) is 12.6. The van der Waals surface area contributed by atoms with Gasteiger partial charge in [-0.15, -0.1) is 0 Å². The third-order valence-electron chi connectivity index (χ3n) is 4.10. The standard InChI is InChI=1S/C18H23N5O2S/c1-24-9-5-8-19-18(26)22-17-20-15(10-16(21-17)25-2)23-11-13-6-3-4-7-14(13)12-23/h3-4,6-7,10H,5,8-9,11-12H2,1-2H3,(H2,19,20,21,22,26). The Hall–Kier alpha value is -2.45. The second kappa shape index (κ2) is 8.77. The molecule has 7 nitrogen and oxygen atoms in total. The molecule has 0 bridgehead atoms. The molecule has 0 saturated heterocycles. The summed E-state index contributed by atoms with van der Waals surface area (Å²) in [7, 11) is 3.27. The number of hydrogen-bond acceptors (Lipinski definition) is 6. The average molecular weight is 373 g/mol. The zero-order valence-corrected chi connectivity index (χ0v) is 15.8. The fraction of sp³-hybridized carbons (Fsp3) is 0.389. The molecule has 0 radical (unpaired) electrons. The van der Waals surface area contributed by atoms with E-state index in [1.54, 1.807) is 14.2 Å². The predicted octanol–water partition coefficient (Wildman–Crippen LogP) is 2.33. The highest BCUT2D eigenvalue weighted by Crippen LogP contribution is 2.29. The van der Waals surface area contributed by atoms with Gasteiger partial charge >= 0.3 is 0 Å². The Kier molecular flexibility index (Phi) is 6.19. The summed E-state index contributed by atoms with van der Waals surface area (Å²) in [5.41, 5.74) is 2.63. The second-order valence-corrected chi connectivity index (χ2v) is 6.35. The Morgan fingerprint density at radius 2 is 1.92 bits per heavy atom. The maximum atomic E-state index is 5.33. The molecule has 1 aliphatic rings. The molecule has 0 amide bonds. The molecule has 1 aromatic carbocycles. The number of benzene rings is 1. The lowest BCUT2D eigenvalue weighted by molar-refractivity contribution is 0.196. The van der Waals surface area contributed by atoms with Crippen LogP contribution in [0, 0.1) is 0 Å². The second-order valence-electron chi connectivity index (χ2n) is 5.94. The van der Waals surface area contributed by atoms with Crippen molar-refractivity contribution < 1.29 is 9.47 Å². The number of ether oxygens (including phenoxy) is 2. The first-order chi connectivity index (χ1) is 12.7. The number of nitrogens with zero attached hydrogens (tertiary/aromatic N) is 3. The minimum atomic E-state index is 0.416. The smallest absolute Gasteiger partial charge is 0.234 e. The van der Waals surface area contributed by atoms with Crippen molar-refractivity contribution in [1.29, 1.82) is 0 Å². The van der Waals surface area contributed by atoms with Crippen molar-refractivity contribution in [3.05, 3.63) is 41.5 Å². The predicted molar refractivity (Wildman–Crippen MR) is 106 cm³/mol. The monoisotopic (exact) mass is 373 g/mol. The Morgan fingerprint density at radius 1 is 1.19 bits per heavy atom. The molecule has 0 fully saturated rings. The Bertz CT molecular complexity index is 746. The largest absolute Gasteiger partial charge is 0.481 e. The molecule has 0 atom stereocenters. The number of anilines is 2. The van der Waals surface area contributed by atoms with Crippen LogP contribution in [-0.4, -0.2) is 42.5 Å². The zero-order valence-electron chi connectivity index (χ0n) is 15.0. The van der Waals surface area contributed by atoms with Crippen LogP contribution in [-0.2, 0) is 17.8 Å². The van der Waals surface area contributed by atoms with Gasteiger partial charge in [-0.05, 0) is 29.8 Å². The van der Waals surface area contributed by atoms with Crippen molar-refractivity contribution in [2.75, 3.05) is 37.6 Å². The summed E-state index contributed by atoms with van der Waals surface area (Å²) in [6.07, 6.45) is 0.870. The molecule has 0 saturated carbocycles. The number of aromatic nitrogens is 2. The van der Waals surface area contributed by atoms with E-state index in [9.17, 15) is 0 Å². The van der Waals surface area contributed by atoms with Crippen LogP contribution in [0.1, 0.15) is 17.5 Å². The maximum Gasteiger partial charge on any atom is 0.234 e. The number of nitrogens with one attached hydrogen (secondary N) is 2. The van der Waals surface area contributed by atoms with Crippen molar-refractivity contribution in [1.82, 2.24) is 15.3 Å². The topological polar surface area (TPSA) is 71.5 Å². The van der Waals surface area contributed by atoms with Gasteiger partial charge in [0.1, 0.15) is 5.82 Å². The highest BCUT2D eigenvalue weighted by molar-refractivity contribution is 7.80. The Morgan fingerprint density at radius 3 is 2.58 bits per heavy atom. The van der Waals surface area contributed by atoms with E-state index >= 15 is 0 Å². The van der Waals surface area contributed by atoms with E-state index < -0.39 is 0 Å². The van der Waals surface area contributed by atoms with Gasteiger partial charge in [0, 0.05) is 39.4 Å². The molecule has 0 unspecified atom stereocenters. The van der Waals surface area contributed by atoms with Gasteiger partial charge in [-0.3, -0.25) is 0 Å². The lowest BCUT2D eigenvalue weighted by Gasteiger charge is -2.18. The first-order valence-electron chi connectivity index (χ1n) is 8.48. The summed E-state index contributed by atoms with van der Waals surface area (Å²) in [6.45, 7) is 3.04. The van der Waals surface area contributed by atoms with Crippen molar-refractivity contribution in [2.45, 2.75) is 19.5 Å². The molecule has 2 heterocycles. The number of fused-ring (bicyclic) bond motifs is 1. The maximum absolute atomic E-state index is 5.33. The summed E-state index contributed by atoms with van der Waals surface area (Å²) in [5.74, 6) is 1.72. The summed E-state index contributed by atoms with van der Waals surface area (Å²) >= 11 is 5.30. The number of hydrogen-bond donors (Lipinski definition) is 2. The molecule has 3 rings (SSSR count). The quantitative estimate of drug-likeness (QED) is 0.566. The fourth-order valence-electron chi connectivity index (χ4n) is 2.79. The minimum Gasteiger partial charge on any atom is -0.481 e. The van der Waals surface area contributed by atoms with Crippen LogP contribution in [0.2, 0.25) is 0 Å². The van der Waals surface area contributed by atoms with Crippen LogP contribution < -0.4 is 20.3 Å². The van der Waals surface area contributed by atoms with E-state index in [-0.39, 0.29) is 0 Å². The molecule has 2 N–H and O–H groups in total. The lowest BCUT2D eigenvalue weighted by atomic mass is 10.1. The van der Waals surface area contributed by atoms with E-state index in [2.05, 4.69) is 49.8 Å².